The minimum atomic E-state index is 0.395. The molecule has 1 saturated heterocycles. The molecule has 3 aromatic rings. The third kappa shape index (κ3) is 4.95. The van der Waals surface area contributed by atoms with Crippen LogP contribution in [0.1, 0.15) is 61.0 Å². The molecule has 4 nitrogen and oxygen atoms in total. The number of nitrogens with zero attached hydrogens (tertiary/aromatic N) is 4. The molecule has 0 radical (unpaired) electrons. The lowest BCUT2D eigenvalue weighted by atomic mass is 9.84. The lowest BCUT2D eigenvalue weighted by Crippen LogP contribution is -2.44. The molecular weight excluding hydrogens is 452 g/mol. The Morgan fingerprint density at radius 1 is 1.09 bits per heavy atom. The summed E-state index contributed by atoms with van der Waals surface area (Å²) in [6.07, 6.45) is 8.29. The molecule has 2 aromatic heterocycles. The molecule has 1 fully saturated rings. The Balaban J connectivity index is 1.33. The smallest absolute Gasteiger partial charge is 0.0727 e. The number of pyridine rings is 2. The van der Waals surface area contributed by atoms with Crippen LogP contribution in [0.15, 0.2) is 61.4 Å². The fourth-order valence-corrected chi connectivity index (χ4v) is 5.82. The number of hydrogen-bond donors (Lipinski definition) is 0. The number of piperazine rings is 1. The fourth-order valence-electron chi connectivity index (χ4n) is 5.45. The van der Waals surface area contributed by atoms with Crippen LogP contribution < -0.4 is 0 Å². The first-order valence-electron chi connectivity index (χ1n) is 12.9. The van der Waals surface area contributed by atoms with Crippen molar-refractivity contribution in [2.24, 2.45) is 0 Å². The zero-order valence-corrected chi connectivity index (χ0v) is 21.5. The Hall–Kier alpha value is -2.85. The van der Waals surface area contributed by atoms with Crippen LogP contribution in [-0.2, 0) is 12.8 Å². The lowest BCUT2D eigenvalue weighted by Gasteiger charge is -2.39. The van der Waals surface area contributed by atoms with E-state index in [2.05, 4.69) is 65.2 Å². The van der Waals surface area contributed by atoms with Crippen LogP contribution in [0, 0.1) is 0 Å². The highest BCUT2D eigenvalue weighted by Crippen LogP contribution is 2.38. The first kappa shape index (κ1) is 23.9. The zero-order chi connectivity index (χ0) is 24.4. The van der Waals surface area contributed by atoms with Gasteiger partial charge in [-0.1, -0.05) is 56.3 Å². The Labute approximate surface area is 214 Å². The second kappa shape index (κ2) is 10.4. The molecule has 182 valence electrons. The molecule has 35 heavy (non-hydrogen) atoms. The number of unbranched alkanes of at least 4 members (excludes halogenated alkanes) is 1. The Kier molecular flexibility index (Phi) is 7.10. The highest BCUT2D eigenvalue weighted by atomic mass is 35.5. The quantitative estimate of drug-likeness (QED) is 0.365. The van der Waals surface area contributed by atoms with E-state index in [1.54, 1.807) is 0 Å². The van der Waals surface area contributed by atoms with Gasteiger partial charge in [-0.05, 0) is 61.4 Å². The second-order valence-corrected chi connectivity index (χ2v) is 10.2. The molecule has 0 spiro atoms. The van der Waals surface area contributed by atoms with Gasteiger partial charge >= 0.3 is 0 Å². The van der Waals surface area contributed by atoms with E-state index >= 15 is 0 Å². The van der Waals surface area contributed by atoms with Gasteiger partial charge in [-0.2, -0.15) is 0 Å². The van der Waals surface area contributed by atoms with E-state index in [4.69, 9.17) is 16.6 Å². The van der Waals surface area contributed by atoms with E-state index in [1.165, 1.54) is 24.1 Å². The molecule has 3 heterocycles. The van der Waals surface area contributed by atoms with E-state index < -0.39 is 0 Å². The van der Waals surface area contributed by atoms with Crippen LogP contribution in [0.3, 0.4) is 0 Å². The van der Waals surface area contributed by atoms with Gasteiger partial charge in [-0.15, -0.1) is 0 Å². The Morgan fingerprint density at radius 2 is 1.89 bits per heavy atom. The molecule has 0 N–H and O–H groups in total. The van der Waals surface area contributed by atoms with Crippen molar-refractivity contribution in [3.8, 4) is 0 Å². The summed E-state index contributed by atoms with van der Waals surface area (Å²) in [4.78, 5) is 14.5. The van der Waals surface area contributed by atoms with Gasteiger partial charge < -0.3 is 9.80 Å². The average Bonchev–Trinajstić information content (AvgIpc) is 2.91. The van der Waals surface area contributed by atoms with Crippen LogP contribution in [0.4, 0.5) is 0 Å². The molecule has 2 aliphatic rings. The van der Waals surface area contributed by atoms with Crippen LogP contribution in [0.2, 0.25) is 5.02 Å². The molecule has 1 aromatic carbocycles. The van der Waals surface area contributed by atoms with Crippen molar-refractivity contribution in [3.63, 3.8) is 0 Å². The molecule has 5 heteroatoms. The van der Waals surface area contributed by atoms with Crippen molar-refractivity contribution < 1.29 is 0 Å². The monoisotopic (exact) mass is 486 g/mol. The summed E-state index contributed by atoms with van der Waals surface area (Å²) < 4.78 is 0. The SMILES string of the molecule is C=C(CCCC)N1CCN(C(=C)c2ccc3c(Cl)c4c(nc3c2)CC(c2ccccn2)CC4)CC1. The van der Waals surface area contributed by atoms with Crippen molar-refractivity contribution in [1.29, 1.82) is 0 Å². The van der Waals surface area contributed by atoms with Crippen LogP contribution in [-0.4, -0.2) is 45.9 Å². The number of aromatic nitrogens is 2. The van der Waals surface area contributed by atoms with Crippen molar-refractivity contribution in [3.05, 3.63) is 89.0 Å². The third-order valence-electron chi connectivity index (χ3n) is 7.65. The van der Waals surface area contributed by atoms with Gasteiger partial charge in [-0.25, -0.2) is 0 Å². The lowest BCUT2D eigenvalue weighted by molar-refractivity contribution is 0.209. The minimum Gasteiger partial charge on any atom is -0.372 e. The maximum atomic E-state index is 6.91. The van der Waals surface area contributed by atoms with Crippen molar-refractivity contribution in [2.45, 2.75) is 51.4 Å². The van der Waals surface area contributed by atoms with E-state index in [-0.39, 0.29) is 0 Å². The standard InChI is InChI=1S/C30H35ClN4/c1-4-5-8-21(2)34-15-17-35(18-16-34)22(3)23-10-12-25-28(19-23)33-29-20-24(11-13-26(29)30(25)31)27-9-6-7-14-32-27/h6-7,9-10,12,14,19,24H,2-5,8,11,13,15-18,20H2,1H3. The molecule has 0 saturated carbocycles. The summed E-state index contributed by atoms with van der Waals surface area (Å²) in [6, 6.07) is 12.6. The van der Waals surface area contributed by atoms with E-state index in [0.717, 1.165) is 90.4 Å². The van der Waals surface area contributed by atoms with Gasteiger partial charge in [0.05, 0.1) is 10.5 Å². The van der Waals surface area contributed by atoms with Gasteiger partial charge in [0.15, 0.2) is 0 Å². The number of rotatable bonds is 7. The van der Waals surface area contributed by atoms with E-state index in [0.29, 0.717) is 5.92 Å². The Morgan fingerprint density at radius 3 is 2.63 bits per heavy atom. The van der Waals surface area contributed by atoms with Crippen molar-refractivity contribution in [1.82, 2.24) is 19.8 Å². The number of allylic oxidation sites excluding steroid dienone is 1. The maximum Gasteiger partial charge on any atom is 0.0727 e. The second-order valence-electron chi connectivity index (χ2n) is 9.87. The summed E-state index contributed by atoms with van der Waals surface area (Å²) >= 11 is 6.91. The predicted molar refractivity (Wildman–Crippen MR) is 147 cm³/mol. The maximum absolute atomic E-state index is 6.91. The van der Waals surface area contributed by atoms with Crippen LogP contribution in [0.5, 0.6) is 0 Å². The molecule has 0 amide bonds. The van der Waals surface area contributed by atoms with Gasteiger partial charge in [0.1, 0.15) is 0 Å². The summed E-state index contributed by atoms with van der Waals surface area (Å²) in [5, 5.41) is 1.90. The summed E-state index contributed by atoms with van der Waals surface area (Å²) in [6.45, 7) is 14.9. The van der Waals surface area contributed by atoms with Crippen molar-refractivity contribution in [2.75, 3.05) is 26.2 Å². The molecule has 1 aliphatic heterocycles. The molecule has 1 unspecified atom stereocenters. The first-order chi connectivity index (χ1) is 17.0. The topological polar surface area (TPSA) is 32.3 Å². The van der Waals surface area contributed by atoms with E-state index in [1.807, 2.05) is 12.3 Å². The predicted octanol–water partition coefficient (Wildman–Crippen LogP) is 6.85. The normalized spacial score (nSPS) is 17.9. The zero-order valence-electron chi connectivity index (χ0n) is 20.8. The molecule has 1 aliphatic carbocycles. The first-order valence-corrected chi connectivity index (χ1v) is 13.3. The number of benzene rings is 1. The van der Waals surface area contributed by atoms with Crippen LogP contribution >= 0.6 is 11.6 Å². The Bertz CT molecular complexity index is 1230. The molecule has 0 bridgehead atoms. The molecule has 5 rings (SSSR count). The summed E-state index contributed by atoms with van der Waals surface area (Å²) in [7, 11) is 0. The highest BCUT2D eigenvalue weighted by Gasteiger charge is 2.26. The van der Waals surface area contributed by atoms with E-state index in [9.17, 15) is 0 Å². The summed E-state index contributed by atoms with van der Waals surface area (Å²) in [5.74, 6) is 0.395. The number of hydrogen-bond acceptors (Lipinski definition) is 4. The summed E-state index contributed by atoms with van der Waals surface area (Å²) in [5.41, 5.74) is 7.89. The highest BCUT2D eigenvalue weighted by molar-refractivity contribution is 6.36. The fraction of sp³-hybridized carbons (Fsp3) is 0.400. The van der Waals surface area contributed by atoms with Gasteiger partial charge in [0.25, 0.3) is 0 Å². The number of halogens is 1. The minimum absolute atomic E-state index is 0.395. The third-order valence-corrected chi connectivity index (χ3v) is 8.08. The van der Waals surface area contributed by atoms with Gasteiger partial charge in [0.2, 0.25) is 0 Å². The average molecular weight is 487 g/mol. The van der Waals surface area contributed by atoms with Crippen LogP contribution in [0.25, 0.3) is 16.6 Å². The largest absolute Gasteiger partial charge is 0.372 e. The van der Waals surface area contributed by atoms with Gasteiger partial charge in [-0.3, -0.25) is 9.97 Å². The number of fused-ring (bicyclic) bond motifs is 2. The molecular formula is C30H35ClN4. The molecule has 1 atom stereocenters. The van der Waals surface area contributed by atoms with Crippen molar-refractivity contribution >= 4 is 28.2 Å². The van der Waals surface area contributed by atoms with Gasteiger partial charge in [0, 0.05) is 66.5 Å².